The van der Waals surface area contributed by atoms with Crippen LogP contribution in [0.5, 0.6) is 0 Å². The Hall–Kier alpha value is -1.71. The van der Waals surface area contributed by atoms with E-state index >= 15 is 0 Å². The zero-order valence-corrected chi connectivity index (χ0v) is 13.1. The molecule has 0 fully saturated rings. The van der Waals surface area contributed by atoms with Crippen LogP contribution in [0.2, 0.25) is 0 Å². The number of carbonyl (C=O) groups is 1. The third-order valence-electron chi connectivity index (χ3n) is 3.59. The molecule has 0 heterocycles. The van der Waals surface area contributed by atoms with Crippen molar-refractivity contribution in [2.45, 2.75) is 40.2 Å². The number of amides is 1. The van der Waals surface area contributed by atoms with E-state index in [-0.39, 0.29) is 11.9 Å². The van der Waals surface area contributed by atoms with E-state index < -0.39 is 0 Å². The standard InChI is InChI=1S/C16H27N3O/c1-5-12-19(15-10-8-14(17)9-11-15)13(4)16(20)18(6-2)7-3/h8-11,13H,5-7,12,17H2,1-4H3. The van der Waals surface area contributed by atoms with Crippen molar-refractivity contribution in [2.24, 2.45) is 0 Å². The zero-order valence-electron chi connectivity index (χ0n) is 13.1. The van der Waals surface area contributed by atoms with E-state index in [9.17, 15) is 4.79 Å². The Bertz CT molecular complexity index is 412. The van der Waals surface area contributed by atoms with Gasteiger partial charge in [0.25, 0.3) is 0 Å². The number of hydrogen-bond acceptors (Lipinski definition) is 3. The highest BCUT2D eigenvalue weighted by Crippen LogP contribution is 2.20. The first-order valence-electron chi connectivity index (χ1n) is 7.46. The Morgan fingerprint density at radius 3 is 2.15 bits per heavy atom. The third-order valence-corrected chi connectivity index (χ3v) is 3.59. The number of likely N-dealkylation sites (N-methyl/N-ethyl adjacent to an activating group) is 1. The van der Waals surface area contributed by atoms with E-state index in [1.54, 1.807) is 0 Å². The number of benzene rings is 1. The molecular weight excluding hydrogens is 250 g/mol. The molecule has 1 aromatic rings. The highest BCUT2D eigenvalue weighted by Gasteiger charge is 2.24. The number of nitrogen functional groups attached to an aromatic ring is 1. The summed E-state index contributed by atoms with van der Waals surface area (Å²) in [5.41, 5.74) is 7.53. The molecule has 0 aliphatic heterocycles. The smallest absolute Gasteiger partial charge is 0.244 e. The lowest BCUT2D eigenvalue weighted by molar-refractivity contribution is -0.131. The zero-order chi connectivity index (χ0) is 15.1. The van der Waals surface area contributed by atoms with Gasteiger partial charge in [0.05, 0.1) is 0 Å². The Morgan fingerprint density at radius 1 is 1.15 bits per heavy atom. The molecule has 20 heavy (non-hydrogen) atoms. The van der Waals surface area contributed by atoms with Gasteiger partial charge >= 0.3 is 0 Å². The van der Waals surface area contributed by atoms with Crippen LogP contribution >= 0.6 is 0 Å². The number of hydrogen-bond donors (Lipinski definition) is 1. The van der Waals surface area contributed by atoms with Crippen LogP contribution in [-0.2, 0) is 4.79 Å². The molecule has 1 amide bonds. The predicted octanol–water partition coefficient (Wildman–Crippen LogP) is 2.74. The van der Waals surface area contributed by atoms with Gasteiger partial charge in [-0.05, 0) is 51.5 Å². The van der Waals surface area contributed by atoms with Crippen molar-refractivity contribution < 1.29 is 4.79 Å². The summed E-state index contributed by atoms with van der Waals surface area (Å²) in [4.78, 5) is 16.6. The van der Waals surface area contributed by atoms with Crippen LogP contribution < -0.4 is 10.6 Å². The molecule has 0 radical (unpaired) electrons. The van der Waals surface area contributed by atoms with Crippen molar-refractivity contribution in [2.75, 3.05) is 30.3 Å². The first-order chi connectivity index (χ1) is 9.54. The first-order valence-corrected chi connectivity index (χ1v) is 7.46. The van der Waals surface area contributed by atoms with Gasteiger partial charge in [-0.25, -0.2) is 0 Å². The lowest BCUT2D eigenvalue weighted by atomic mass is 10.1. The Kier molecular flexibility index (Phi) is 6.36. The largest absolute Gasteiger partial charge is 0.399 e. The monoisotopic (exact) mass is 277 g/mol. The highest BCUT2D eigenvalue weighted by molar-refractivity contribution is 5.85. The molecule has 1 aromatic carbocycles. The molecule has 4 heteroatoms. The summed E-state index contributed by atoms with van der Waals surface area (Å²) in [6.07, 6.45) is 1.00. The molecule has 112 valence electrons. The predicted molar refractivity (Wildman–Crippen MR) is 85.9 cm³/mol. The van der Waals surface area contributed by atoms with Gasteiger partial charge in [-0.3, -0.25) is 4.79 Å². The average Bonchev–Trinajstić information content (AvgIpc) is 2.46. The maximum absolute atomic E-state index is 12.5. The molecule has 2 N–H and O–H groups in total. The molecule has 0 aliphatic rings. The lowest BCUT2D eigenvalue weighted by Crippen LogP contribution is -2.47. The molecule has 4 nitrogen and oxygen atoms in total. The summed E-state index contributed by atoms with van der Waals surface area (Å²) in [5.74, 6) is 0.181. The summed E-state index contributed by atoms with van der Waals surface area (Å²) in [6, 6.07) is 7.58. The van der Waals surface area contributed by atoms with E-state index in [4.69, 9.17) is 5.73 Å². The molecule has 0 bridgehead atoms. The molecular formula is C16H27N3O. The van der Waals surface area contributed by atoms with Gasteiger partial charge in [0.15, 0.2) is 0 Å². The number of rotatable bonds is 7. The van der Waals surface area contributed by atoms with Crippen molar-refractivity contribution in [1.29, 1.82) is 0 Å². The molecule has 1 rings (SSSR count). The van der Waals surface area contributed by atoms with Crippen LogP contribution in [0, 0.1) is 0 Å². The Morgan fingerprint density at radius 2 is 1.70 bits per heavy atom. The summed E-state index contributed by atoms with van der Waals surface area (Å²) >= 11 is 0. The molecule has 1 unspecified atom stereocenters. The topological polar surface area (TPSA) is 49.6 Å². The number of carbonyl (C=O) groups excluding carboxylic acids is 1. The van der Waals surface area contributed by atoms with E-state index in [0.29, 0.717) is 0 Å². The molecule has 0 aromatic heterocycles. The average molecular weight is 277 g/mol. The summed E-state index contributed by atoms with van der Waals surface area (Å²) in [7, 11) is 0. The minimum absolute atomic E-state index is 0.154. The number of nitrogens with two attached hydrogens (primary N) is 1. The molecule has 1 atom stereocenters. The quantitative estimate of drug-likeness (QED) is 0.780. The first kappa shape index (κ1) is 16.3. The fourth-order valence-electron chi connectivity index (χ4n) is 2.39. The highest BCUT2D eigenvalue weighted by atomic mass is 16.2. The molecule has 0 saturated carbocycles. The number of anilines is 2. The molecule has 0 spiro atoms. The molecule has 0 saturated heterocycles. The van der Waals surface area contributed by atoms with Crippen molar-refractivity contribution >= 4 is 17.3 Å². The Balaban J connectivity index is 2.95. The van der Waals surface area contributed by atoms with E-state index in [0.717, 1.165) is 37.4 Å². The van der Waals surface area contributed by atoms with Gasteiger partial charge < -0.3 is 15.5 Å². The van der Waals surface area contributed by atoms with Crippen LogP contribution in [-0.4, -0.2) is 36.5 Å². The second-order valence-corrected chi connectivity index (χ2v) is 4.97. The van der Waals surface area contributed by atoms with Crippen LogP contribution in [0.1, 0.15) is 34.1 Å². The van der Waals surface area contributed by atoms with Gasteiger partial charge in [0, 0.05) is 31.0 Å². The van der Waals surface area contributed by atoms with Crippen LogP contribution in [0.15, 0.2) is 24.3 Å². The normalized spacial score (nSPS) is 12.0. The maximum Gasteiger partial charge on any atom is 0.244 e. The third kappa shape index (κ3) is 3.89. The van der Waals surface area contributed by atoms with Gasteiger partial charge in [0.2, 0.25) is 5.91 Å². The summed E-state index contributed by atoms with van der Waals surface area (Å²) in [6.45, 7) is 10.5. The fourth-order valence-corrected chi connectivity index (χ4v) is 2.39. The second-order valence-electron chi connectivity index (χ2n) is 4.97. The summed E-state index contributed by atoms with van der Waals surface area (Å²) < 4.78 is 0. The molecule has 0 aliphatic carbocycles. The van der Waals surface area contributed by atoms with Gasteiger partial charge in [0.1, 0.15) is 6.04 Å². The second kappa shape index (κ2) is 7.78. The van der Waals surface area contributed by atoms with Crippen LogP contribution in [0.3, 0.4) is 0 Å². The van der Waals surface area contributed by atoms with Crippen molar-refractivity contribution in [3.63, 3.8) is 0 Å². The summed E-state index contributed by atoms with van der Waals surface area (Å²) in [5, 5.41) is 0. The fraction of sp³-hybridized carbons (Fsp3) is 0.562. The van der Waals surface area contributed by atoms with Crippen molar-refractivity contribution in [1.82, 2.24) is 4.90 Å². The van der Waals surface area contributed by atoms with Crippen LogP contribution in [0.4, 0.5) is 11.4 Å². The lowest BCUT2D eigenvalue weighted by Gasteiger charge is -2.33. The maximum atomic E-state index is 12.5. The van der Waals surface area contributed by atoms with Gasteiger partial charge in [-0.15, -0.1) is 0 Å². The van der Waals surface area contributed by atoms with E-state index in [2.05, 4.69) is 11.8 Å². The van der Waals surface area contributed by atoms with Gasteiger partial charge in [-0.2, -0.15) is 0 Å². The Labute approximate surface area is 122 Å². The SMILES string of the molecule is CCCN(c1ccc(N)cc1)C(C)C(=O)N(CC)CC. The van der Waals surface area contributed by atoms with Crippen molar-refractivity contribution in [3.05, 3.63) is 24.3 Å². The van der Waals surface area contributed by atoms with E-state index in [1.165, 1.54) is 0 Å². The van der Waals surface area contributed by atoms with Gasteiger partial charge in [-0.1, -0.05) is 6.92 Å². The number of nitrogens with zero attached hydrogens (tertiary/aromatic N) is 2. The minimum Gasteiger partial charge on any atom is -0.399 e. The van der Waals surface area contributed by atoms with Crippen molar-refractivity contribution in [3.8, 4) is 0 Å². The van der Waals surface area contributed by atoms with Crippen LogP contribution in [0.25, 0.3) is 0 Å². The minimum atomic E-state index is -0.154. The van der Waals surface area contributed by atoms with E-state index in [1.807, 2.05) is 49.9 Å².